The lowest BCUT2D eigenvalue weighted by atomic mass is 9.93. The number of methoxy groups -OCH3 is 1. The van der Waals surface area contributed by atoms with Gasteiger partial charge in [-0.25, -0.2) is 0 Å². The van der Waals surface area contributed by atoms with Crippen molar-refractivity contribution >= 4 is 22.8 Å². The van der Waals surface area contributed by atoms with Crippen LogP contribution in [0.25, 0.3) is 11.0 Å². The molecule has 4 rings (SSSR count). The van der Waals surface area contributed by atoms with Gasteiger partial charge in [0.2, 0.25) is 11.8 Å². The highest BCUT2D eigenvalue weighted by molar-refractivity contribution is 5.77. The van der Waals surface area contributed by atoms with Crippen molar-refractivity contribution in [3.8, 4) is 5.75 Å². The number of likely N-dealkylation sites (tertiary alicyclic amines) is 1. The van der Waals surface area contributed by atoms with Crippen molar-refractivity contribution < 1.29 is 14.3 Å². The Bertz CT molecular complexity index is 1050. The van der Waals surface area contributed by atoms with Gasteiger partial charge in [0.1, 0.15) is 23.3 Å². The van der Waals surface area contributed by atoms with E-state index in [1.807, 2.05) is 53.4 Å². The van der Waals surface area contributed by atoms with Crippen molar-refractivity contribution in [1.82, 2.24) is 25.2 Å². The molecule has 0 radical (unpaired) electrons. The number of carbonyl (C=O) groups is 2. The van der Waals surface area contributed by atoms with Crippen molar-refractivity contribution in [3.05, 3.63) is 54.1 Å². The first-order valence-electron chi connectivity index (χ1n) is 11.1. The summed E-state index contributed by atoms with van der Waals surface area (Å²) in [5.74, 6) is 1.17. The van der Waals surface area contributed by atoms with Crippen LogP contribution in [0.1, 0.15) is 31.2 Å². The number of piperidine rings is 1. The summed E-state index contributed by atoms with van der Waals surface area (Å²) in [6.45, 7) is 2.06. The predicted molar refractivity (Wildman–Crippen MR) is 121 cm³/mol. The number of hydrogen-bond donors (Lipinski definition) is 1. The maximum Gasteiger partial charge on any atom is 0.246 e. The second kappa shape index (κ2) is 10.3. The quantitative estimate of drug-likeness (QED) is 0.588. The summed E-state index contributed by atoms with van der Waals surface area (Å²) in [5.41, 5.74) is 2.58. The minimum atomic E-state index is 0.0254. The summed E-state index contributed by atoms with van der Waals surface area (Å²) in [6, 6.07) is 15.3. The average Bonchev–Trinajstić information content (AvgIpc) is 3.24. The molecule has 1 atom stereocenters. The number of hydrogen-bond acceptors (Lipinski definition) is 5. The van der Waals surface area contributed by atoms with Crippen molar-refractivity contribution in [3.63, 3.8) is 0 Å². The lowest BCUT2D eigenvalue weighted by molar-refractivity contribution is -0.134. The van der Waals surface area contributed by atoms with Gasteiger partial charge in [0.25, 0.3) is 0 Å². The van der Waals surface area contributed by atoms with Crippen molar-refractivity contribution in [2.24, 2.45) is 5.92 Å². The highest BCUT2D eigenvalue weighted by atomic mass is 16.5. The lowest BCUT2D eigenvalue weighted by Crippen LogP contribution is -2.42. The fraction of sp³-hybridized carbons (Fsp3) is 0.417. The maximum atomic E-state index is 12.8. The molecule has 2 heterocycles. The second-order valence-corrected chi connectivity index (χ2v) is 8.23. The first kappa shape index (κ1) is 21.8. The number of aromatic nitrogens is 3. The Balaban J connectivity index is 1.22. The minimum absolute atomic E-state index is 0.0254. The van der Waals surface area contributed by atoms with Gasteiger partial charge in [-0.05, 0) is 55.0 Å². The van der Waals surface area contributed by atoms with Crippen molar-refractivity contribution in [2.45, 2.75) is 38.8 Å². The number of rotatable bonds is 8. The number of ether oxygens (including phenoxy) is 1. The molecule has 0 spiro atoms. The van der Waals surface area contributed by atoms with Crippen LogP contribution in [0.5, 0.6) is 5.75 Å². The predicted octanol–water partition coefficient (Wildman–Crippen LogP) is 2.78. The molecule has 2 aromatic carbocycles. The number of nitrogens with one attached hydrogen (secondary N) is 1. The van der Waals surface area contributed by atoms with E-state index < -0.39 is 0 Å². The standard InChI is InChI=1S/C24H29N5O3/c1-32-20-8-4-6-19(14-20)15-25-23(30)12-11-18-7-5-13-28(16-18)24(31)17-29-26-21-9-2-3-10-22(21)27-29/h2-4,6,8-10,14,18H,5,7,11-13,15-17H2,1H3,(H,25,30). The van der Waals surface area contributed by atoms with E-state index >= 15 is 0 Å². The molecule has 1 saturated heterocycles. The Morgan fingerprint density at radius 1 is 1.12 bits per heavy atom. The van der Waals surface area contributed by atoms with E-state index in [9.17, 15) is 9.59 Å². The normalized spacial score (nSPS) is 16.2. The van der Waals surface area contributed by atoms with Crippen LogP contribution in [-0.2, 0) is 22.7 Å². The molecule has 1 aliphatic rings. The van der Waals surface area contributed by atoms with Gasteiger partial charge >= 0.3 is 0 Å². The van der Waals surface area contributed by atoms with E-state index in [0.29, 0.717) is 25.4 Å². The highest BCUT2D eigenvalue weighted by Gasteiger charge is 2.24. The number of benzene rings is 2. The topological polar surface area (TPSA) is 89.4 Å². The zero-order chi connectivity index (χ0) is 22.3. The average molecular weight is 436 g/mol. The molecular formula is C24H29N5O3. The molecule has 0 saturated carbocycles. The molecular weight excluding hydrogens is 406 g/mol. The molecule has 32 heavy (non-hydrogen) atoms. The zero-order valence-corrected chi connectivity index (χ0v) is 18.4. The van der Waals surface area contributed by atoms with E-state index in [4.69, 9.17) is 4.74 Å². The third-order valence-electron chi connectivity index (χ3n) is 5.88. The first-order chi connectivity index (χ1) is 15.6. The van der Waals surface area contributed by atoms with Gasteiger partial charge in [-0.3, -0.25) is 9.59 Å². The van der Waals surface area contributed by atoms with Crippen molar-refractivity contribution in [2.75, 3.05) is 20.2 Å². The summed E-state index contributed by atoms with van der Waals surface area (Å²) in [5, 5.41) is 11.7. The van der Waals surface area contributed by atoms with E-state index in [1.165, 1.54) is 4.80 Å². The van der Waals surface area contributed by atoms with Crippen LogP contribution in [-0.4, -0.2) is 51.9 Å². The molecule has 8 nitrogen and oxygen atoms in total. The Hall–Kier alpha value is -3.42. The van der Waals surface area contributed by atoms with Gasteiger partial charge in [0.15, 0.2) is 0 Å². The molecule has 8 heteroatoms. The molecule has 1 aromatic heterocycles. The number of fused-ring (bicyclic) bond motifs is 1. The summed E-state index contributed by atoms with van der Waals surface area (Å²) in [7, 11) is 1.63. The number of carbonyl (C=O) groups excluding carboxylic acids is 2. The lowest BCUT2D eigenvalue weighted by Gasteiger charge is -2.32. The van der Waals surface area contributed by atoms with Gasteiger partial charge in [-0.1, -0.05) is 24.3 Å². The molecule has 168 valence electrons. The third kappa shape index (κ3) is 5.63. The largest absolute Gasteiger partial charge is 0.497 e. The van der Waals surface area contributed by atoms with Crippen LogP contribution in [0.3, 0.4) is 0 Å². The van der Waals surface area contributed by atoms with Gasteiger partial charge < -0.3 is 15.0 Å². The Kier molecular flexibility index (Phi) is 6.99. The van der Waals surface area contributed by atoms with E-state index in [-0.39, 0.29) is 18.4 Å². The number of nitrogens with zero attached hydrogens (tertiary/aromatic N) is 4. The van der Waals surface area contributed by atoms with Crippen molar-refractivity contribution in [1.29, 1.82) is 0 Å². The molecule has 0 bridgehead atoms. The first-order valence-corrected chi connectivity index (χ1v) is 11.1. The summed E-state index contributed by atoms with van der Waals surface area (Å²) in [4.78, 5) is 28.4. The molecule has 1 N–H and O–H groups in total. The molecule has 2 amide bonds. The van der Waals surface area contributed by atoms with Gasteiger partial charge in [0, 0.05) is 26.1 Å². The number of amides is 2. The third-order valence-corrected chi connectivity index (χ3v) is 5.88. The molecule has 1 fully saturated rings. The second-order valence-electron chi connectivity index (χ2n) is 8.23. The minimum Gasteiger partial charge on any atom is -0.497 e. The molecule has 1 unspecified atom stereocenters. The fourth-order valence-corrected chi connectivity index (χ4v) is 4.13. The smallest absolute Gasteiger partial charge is 0.246 e. The fourth-order valence-electron chi connectivity index (χ4n) is 4.13. The van der Waals surface area contributed by atoms with E-state index in [1.54, 1.807) is 7.11 Å². The van der Waals surface area contributed by atoms with Gasteiger partial charge in [-0.2, -0.15) is 15.0 Å². The van der Waals surface area contributed by atoms with Crippen LogP contribution >= 0.6 is 0 Å². The summed E-state index contributed by atoms with van der Waals surface area (Å²) < 4.78 is 5.22. The van der Waals surface area contributed by atoms with Crippen LogP contribution in [0.4, 0.5) is 0 Å². The Labute approximate surface area is 187 Å². The maximum absolute atomic E-state index is 12.8. The van der Waals surface area contributed by atoms with Crippen LogP contribution in [0.15, 0.2) is 48.5 Å². The molecule has 3 aromatic rings. The Morgan fingerprint density at radius 3 is 2.66 bits per heavy atom. The van der Waals surface area contributed by atoms with E-state index in [2.05, 4.69) is 15.5 Å². The van der Waals surface area contributed by atoms with Gasteiger partial charge in [-0.15, -0.1) is 0 Å². The van der Waals surface area contributed by atoms with Crippen LogP contribution < -0.4 is 10.1 Å². The molecule has 0 aliphatic carbocycles. The Morgan fingerprint density at radius 2 is 1.91 bits per heavy atom. The molecule has 1 aliphatic heterocycles. The van der Waals surface area contributed by atoms with E-state index in [0.717, 1.165) is 48.2 Å². The summed E-state index contributed by atoms with van der Waals surface area (Å²) >= 11 is 0. The highest BCUT2D eigenvalue weighted by Crippen LogP contribution is 2.21. The monoisotopic (exact) mass is 435 g/mol. The summed E-state index contributed by atoms with van der Waals surface area (Å²) in [6.07, 6.45) is 3.23. The van der Waals surface area contributed by atoms with Gasteiger partial charge in [0.05, 0.1) is 7.11 Å². The van der Waals surface area contributed by atoms with Crippen LogP contribution in [0, 0.1) is 5.92 Å². The van der Waals surface area contributed by atoms with Crippen LogP contribution in [0.2, 0.25) is 0 Å². The SMILES string of the molecule is COc1cccc(CNC(=O)CCC2CCCN(C(=O)Cn3nc4ccccc4n3)C2)c1. The zero-order valence-electron chi connectivity index (χ0n) is 18.4.